The average molecular weight is 322 g/mol. The van der Waals surface area contributed by atoms with E-state index >= 15 is 0 Å². The Labute approximate surface area is 146 Å². The summed E-state index contributed by atoms with van der Waals surface area (Å²) < 4.78 is 0. The second-order valence-corrected chi connectivity index (χ2v) is 7.36. The standard InChI is InChI=1S/C22H30N2/c1-16-14-20(18(3)17(16)2)15-22(19-10-6-4-7-11-19)24-23-21-12-8-5-9-13-21/h4,6-7,10-11,14,20-21,23H,5,8-9,12-13,15H2,1-3H3. The number of rotatable bonds is 5. The molecule has 1 saturated carbocycles. The van der Waals surface area contributed by atoms with Crippen LogP contribution in [0.15, 0.2) is 58.2 Å². The molecule has 2 aliphatic rings. The van der Waals surface area contributed by atoms with E-state index in [1.54, 1.807) is 0 Å². The van der Waals surface area contributed by atoms with Crippen LogP contribution in [0.4, 0.5) is 0 Å². The molecule has 3 rings (SSSR count). The first-order valence-corrected chi connectivity index (χ1v) is 9.39. The van der Waals surface area contributed by atoms with Crippen molar-refractivity contribution in [2.24, 2.45) is 11.0 Å². The molecule has 0 spiro atoms. The van der Waals surface area contributed by atoms with Crippen LogP contribution in [0.1, 0.15) is 64.9 Å². The van der Waals surface area contributed by atoms with E-state index in [0.29, 0.717) is 12.0 Å². The molecule has 2 nitrogen and oxygen atoms in total. The van der Waals surface area contributed by atoms with Crippen LogP contribution in [0.2, 0.25) is 0 Å². The van der Waals surface area contributed by atoms with Gasteiger partial charge in [-0.1, -0.05) is 66.8 Å². The molecule has 1 aromatic carbocycles. The first-order chi connectivity index (χ1) is 11.6. The van der Waals surface area contributed by atoms with Crippen LogP contribution in [0.25, 0.3) is 0 Å². The van der Waals surface area contributed by atoms with Gasteiger partial charge in [0, 0.05) is 18.4 Å². The third-order valence-corrected chi connectivity index (χ3v) is 5.70. The molecule has 2 aliphatic carbocycles. The Hall–Kier alpha value is -1.83. The Bertz CT molecular complexity index is 646. The zero-order chi connectivity index (χ0) is 16.9. The van der Waals surface area contributed by atoms with E-state index in [2.05, 4.69) is 62.6 Å². The summed E-state index contributed by atoms with van der Waals surface area (Å²) in [6.45, 7) is 6.73. The third kappa shape index (κ3) is 3.98. The largest absolute Gasteiger partial charge is 0.307 e. The summed E-state index contributed by atoms with van der Waals surface area (Å²) in [6, 6.07) is 11.2. The SMILES string of the molecule is CC1=CC(CC(=NNC2CCCCC2)c2ccccc2)C(C)=C1C. The number of hydrogen-bond donors (Lipinski definition) is 1. The lowest BCUT2D eigenvalue weighted by Crippen LogP contribution is -2.28. The van der Waals surface area contributed by atoms with E-state index in [-0.39, 0.29) is 0 Å². The molecule has 0 saturated heterocycles. The first kappa shape index (κ1) is 17.0. The molecule has 0 radical (unpaired) electrons. The normalized spacial score (nSPS) is 22.7. The summed E-state index contributed by atoms with van der Waals surface area (Å²) in [6.07, 6.45) is 9.94. The maximum Gasteiger partial charge on any atom is 0.0684 e. The summed E-state index contributed by atoms with van der Waals surface area (Å²) in [7, 11) is 0. The fourth-order valence-electron chi connectivity index (χ4n) is 3.82. The molecule has 2 heteroatoms. The minimum atomic E-state index is 0.483. The molecule has 0 heterocycles. The van der Waals surface area contributed by atoms with Gasteiger partial charge in [-0.15, -0.1) is 0 Å². The molecule has 0 aromatic heterocycles. The van der Waals surface area contributed by atoms with Crippen LogP contribution in [-0.4, -0.2) is 11.8 Å². The van der Waals surface area contributed by atoms with Crippen molar-refractivity contribution >= 4 is 5.71 Å². The van der Waals surface area contributed by atoms with Gasteiger partial charge in [-0.05, 0) is 44.7 Å². The van der Waals surface area contributed by atoms with E-state index in [1.165, 1.54) is 60.1 Å². The highest BCUT2D eigenvalue weighted by Crippen LogP contribution is 2.33. The number of hydrogen-bond acceptors (Lipinski definition) is 2. The lowest BCUT2D eigenvalue weighted by atomic mass is 9.93. The molecule has 0 amide bonds. The minimum absolute atomic E-state index is 0.483. The smallest absolute Gasteiger partial charge is 0.0684 e. The summed E-state index contributed by atoms with van der Waals surface area (Å²) >= 11 is 0. The van der Waals surface area contributed by atoms with Crippen molar-refractivity contribution < 1.29 is 0 Å². The predicted molar refractivity (Wildman–Crippen MR) is 103 cm³/mol. The second-order valence-electron chi connectivity index (χ2n) is 7.36. The Morgan fingerprint density at radius 1 is 1.04 bits per heavy atom. The third-order valence-electron chi connectivity index (χ3n) is 5.70. The van der Waals surface area contributed by atoms with Gasteiger partial charge < -0.3 is 5.43 Å². The van der Waals surface area contributed by atoms with Crippen LogP contribution in [0.5, 0.6) is 0 Å². The summed E-state index contributed by atoms with van der Waals surface area (Å²) in [5.74, 6) is 0.483. The van der Waals surface area contributed by atoms with Crippen molar-refractivity contribution in [3.05, 3.63) is 58.7 Å². The average Bonchev–Trinajstić information content (AvgIpc) is 2.87. The van der Waals surface area contributed by atoms with E-state index in [0.717, 1.165) is 6.42 Å². The van der Waals surface area contributed by atoms with Gasteiger partial charge in [0.2, 0.25) is 0 Å². The molecule has 1 aromatic rings. The van der Waals surface area contributed by atoms with Gasteiger partial charge >= 0.3 is 0 Å². The lowest BCUT2D eigenvalue weighted by Gasteiger charge is -2.22. The topological polar surface area (TPSA) is 24.4 Å². The van der Waals surface area contributed by atoms with Crippen molar-refractivity contribution in [1.82, 2.24) is 5.43 Å². The van der Waals surface area contributed by atoms with Crippen molar-refractivity contribution in [2.75, 3.05) is 0 Å². The monoisotopic (exact) mass is 322 g/mol. The highest BCUT2D eigenvalue weighted by molar-refractivity contribution is 6.01. The summed E-state index contributed by atoms with van der Waals surface area (Å²) in [5.41, 5.74) is 10.3. The van der Waals surface area contributed by atoms with Crippen molar-refractivity contribution in [3.63, 3.8) is 0 Å². The molecule has 24 heavy (non-hydrogen) atoms. The molecule has 1 fully saturated rings. The molecule has 0 aliphatic heterocycles. The van der Waals surface area contributed by atoms with Crippen LogP contribution < -0.4 is 5.43 Å². The summed E-state index contributed by atoms with van der Waals surface area (Å²) in [5, 5.41) is 4.88. The highest BCUT2D eigenvalue weighted by Gasteiger charge is 2.21. The van der Waals surface area contributed by atoms with Gasteiger partial charge in [-0.2, -0.15) is 5.10 Å². The van der Waals surface area contributed by atoms with Crippen LogP contribution in [0.3, 0.4) is 0 Å². The summed E-state index contributed by atoms with van der Waals surface area (Å²) in [4.78, 5) is 0. The number of allylic oxidation sites excluding steroid dienone is 4. The number of nitrogens with zero attached hydrogens (tertiary/aromatic N) is 1. The fourth-order valence-corrected chi connectivity index (χ4v) is 3.82. The zero-order valence-electron chi connectivity index (χ0n) is 15.3. The molecule has 1 N–H and O–H groups in total. The van der Waals surface area contributed by atoms with E-state index in [9.17, 15) is 0 Å². The van der Waals surface area contributed by atoms with Gasteiger partial charge in [0.1, 0.15) is 0 Å². The van der Waals surface area contributed by atoms with E-state index in [4.69, 9.17) is 5.10 Å². The Balaban J connectivity index is 1.78. The van der Waals surface area contributed by atoms with Crippen LogP contribution >= 0.6 is 0 Å². The number of hydrazone groups is 1. The Morgan fingerprint density at radius 3 is 2.38 bits per heavy atom. The molecular formula is C22H30N2. The number of nitrogens with one attached hydrogen (secondary N) is 1. The van der Waals surface area contributed by atoms with E-state index < -0.39 is 0 Å². The van der Waals surface area contributed by atoms with Gasteiger partial charge in [0.25, 0.3) is 0 Å². The van der Waals surface area contributed by atoms with Gasteiger partial charge in [-0.25, -0.2) is 0 Å². The molecule has 1 atom stereocenters. The fraction of sp³-hybridized carbons (Fsp3) is 0.500. The molecule has 128 valence electrons. The van der Waals surface area contributed by atoms with Crippen molar-refractivity contribution in [3.8, 4) is 0 Å². The van der Waals surface area contributed by atoms with Crippen LogP contribution in [0, 0.1) is 5.92 Å². The molecule has 0 bridgehead atoms. The van der Waals surface area contributed by atoms with Crippen molar-refractivity contribution in [2.45, 2.75) is 65.3 Å². The maximum atomic E-state index is 4.88. The maximum absolute atomic E-state index is 4.88. The predicted octanol–water partition coefficient (Wildman–Crippen LogP) is 5.62. The van der Waals surface area contributed by atoms with Crippen molar-refractivity contribution in [1.29, 1.82) is 0 Å². The quantitative estimate of drug-likeness (QED) is 0.552. The van der Waals surface area contributed by atoms with Gasteiger partial charge in [0.15, 0.2) is 0 Å². The van der Waals surface area contributed by atoms with Gasteiger partial charge in [-0.3, -0.25) is 0 Å². The highest BCUT2D eigenvalue weighted by atomic mass is 15.3. The first-order valence-electron chi connectivity index (χ1n) is 9.39. The minimum Gasteiger partial charge on any atom is -0.307 e. The Kier molecular flexibility index (Phi) is 5.55. The molecular weight excluding hydrogens is 292 g/mol. The Morgan fingerprint density at radius 2 is 1.75 bits per heavy atom. The van der Waals surface area contributed by atoms with Crippen LogP contribution in [-0.2, 0) is 0 Å². The lowest BCUT2D eigenvalue weighted by molar-refractivity contribution is 0.380. The van der Waals surface area contributed by atoms with Gasteiger partial charge in [0.05, 0.1) is 5.71 Å². The second kappa shape index (κ2) is 7.83. The number of benzene rings is 1. The molecule has 1 unspecified atom stereocenters. The zero-order valence-corrected chi connectivity index (χ0v) is 15.3. The van der Waals surface area contributed by atoms with E-state index in [1.807, 2.05) is 0 Å².